The monoisotopic (exact) mass is 449 g/mol. The van der Waals surface area contributed by atoms with E-state index >= 15 is 0 Å². The van der Waals surface area contributed by atoms with E-state index in [1.54, 1.807) is 0 Å². The highest BCUT2D eigenvalue weighted by molar-refractivity contribution is 6.30. The molecule has 0 bridgehead atoms. The fourth-order valence-electron chi connectivity index (χ4n) is 4.28. The highest BCUT2D eigenvalue weighted by atomic mass is 35.5. The van der Waals surface area contributed by atoms with Gasteiger partial charge in [-0.25, -0.2) is 0 Å². The van der Waals surface area contributed by atoms with Crippen LogP contribution in [0.2, 0.25) is 5.02 Å². The lowest BCUT2D eigenvalue weighted by molar-refractivity contribution is -0.118. The number of rotatable bonds is 7. The summed E-state index contributed by atoms with van der Waals surface area (Å²) in [5.74, 6) is 1.40. The van der Waals surface area contributed by atoms with Crippen LogP contribution in [0.3, 0.4) is 0 Å². The first-order valence-electron chi connectivity index (χ1n) is 11.1. The van der Waals surface area contributed by atoms with Gasteiger partial charge in [-0.2, -0.15) is 0 Å². The van der Waals surface area contributed by atoms with Crippen LogP contribution >= 0.6 is 11.6 Å². The van der Waals surface area contributed by atoms with Gasteiger partial charge in [0.1, 0.15) is 0 Å². The molecule has 32 heavy (non-hydrogen) atoms. The van der Waals surface area contributed by atoms with Gasteiger partial charge in [0.25, 0.3) is 0 Å². The maximum atomic E-state index is 13.5. The summed E-state index contributed by atoms with van der Waals surface area (Å²) >= 11 is 6.36. The number of ether oxygens (including phenoxy) is 2. The van der Waals surface area contributed by atoms with Crippen molar-refractivity contribution in [2.24, 2.45) is 0 Å². The summed E-state index contributed by atoms with van der Waals surface area (Å²) in [7, 11) is 0. The number of fused-ring (bicyclic) bond motifs is 1. The Hall–Kier alpha value is -2.98. The molecule has 1 atom stereocenters. The quantitative estimate of drug-likeness (QED) is 0.420. The van der Waals surface area contributed by atoms with E-state index in [0.717, 1.165) is 28.8 Å². The molecule has 1 aliphatic rings. The summed E-state index contributed by atoms with van der Waals surface area (Å²) in [5, 5.41) is 0.638. The fourth-order valence-corrected chi connectivity index (χ4v) is 4.48. The van der Waals surface area contributed by atoms with Crippen LogP contribution < -0.4 is 14.4 Å². The predicted molar refractivity (Wildman–Crippen MR) is 129 cm³/mol. The van der Waals surface area contributed by atoms with Crippen molar-refractivity contribution in [1.82, 2.24) is 0 Å². The van der Waals surface area contributed by atoms with E-state index < -0.39 is 0 Å². The van der Waals surface area contributed by atoms with Gasteiger partial charge in [0.15, 0.2) is 11.5 Å². The van der Waals surface area contributed by atoms with E-state index in [-0.39, 0.29) is 11.9 Å². The van der Waals surface area contributed by atoms with Crippen molar-refractivity contribution >= 4 is 23.2 Å². The molecular weight excluding hydrogens is 422 g/mol. The number of carbonyl (C=O) groups is 1. The molecule has 1 unspecified atom stereocenters. The second kappa shape index (κ2) is 9.66. The molecule has 0 fully saturated rings. The van der Waals surface area contributed by atoms with Crippen LogP contribution in [0.5, 0.6) is 11.5 Å². The van der Waals surface area contributed by atoms with E-state index in [0.29, 0.717) is 36.2 Å². The molecule has 0 N–H and O–H groups in total. The molecule has 166 valence electrons. The van der Waals surface area contributed by atoms with Crippen LogP contribution in [0.4, 0.5) is 5.69 Å². The number of anilines is 1. The van der Waals surface area contributed by atoms with Crippen molar-refractivity contribution in [3.05, 3.63) is 87.9 Å². The third kappa shape index (κ3) is 4.33. The molecule has 5 heteroatoms. The number of benzene rings is 3. The molecule has 4 rings (SSSR count). The van der Waals surface area contributed by atoms with Crippen LogP contribution in [0.1, 0.15) is 49.1 Å². The van der Waals surface area contributed by atoms with Crippen LogP contribution in [-0.2, 0) is 17.6 Å². The normalized spacial score (nSPS) is 15.4. The standard InChI is InChI=1S/C27H28ClNO3/c1-4-18-10-12-22(13-11-18)29-26(30)16-20-15-24(31-5-2)25(32-6-3)17-23(20)27(29)19-8-7-9-21(28)14-19/h7-15,17,27H,4-6,16H2,1-3H3. The van der Waals surface area contributed by atoms with Gasteiger partial charge in [0, 0.05) is 10.7 Å². The zero-order valence-electron chi connectivity index (χ0n) is 18.7. The van der Waals surface area contributed by atoms with Crippen LogP contribution in [0.25, 0.3) is 0 Å². The summed E-state index contributed by atoms with van der Waals surface area (Å²) in [6, 6.07) is 19.6. The minimum Gasteiger partial charge on any atom is -0.490 e. The molecule has 1 amide bonds. The Kier molecular flexibility index (Phi) is 6.71. The molecule has 3 aromatic rings. The maximum Gasteiger partial charge on any atom is 0.232 e. The van der Waals surface area contributed by atoms with Crippen molar-refractivity contribution in [1.29, 1.82) is 0 Å². The van der Waals surface area contributed by atoms with Gasteiger partial charge in [-0.3, -0.25) is 4.79 Å². The van der Waals surface area contributed by atoms with Crippen molar-refractivity contribution in [2.45, 2.75) is 39.7 Å². The molecule has 0 spiro atoms. The largest absolute Gasteiger partial charge is 0.490 e. The first-order valence-corrected chi connectivity index (χ1v) is 11.5. The minimum atomic E-state index is -0.313. The Bertz CT molecular complexity index is 1110. The zero-order chi connectivity index (χ0) is 22.7. The molecule has 0 saturated carbocycles. The third-order valence-electron chi connectivity index (χ3n) is 5.76. The molecule has 0 saturated heterocycles. The topological polar surface area (TPSA) is 38.8 Å². The summed E-state index contributed by atoms with van der Waals surface area (Å²) in [6.45, 7) is 7.07. The molecule has 0 aliphatic carbocycles. The fraction of sp³-hybridized carbons (Fsp3) is 0.296. The Labute approximate surface area is 194 Å². The molecule has 0 radical (unpaired) electrons. The van der Waals surface area contributed by atoms with Gasteiger partial charge in [-0.15, -0.1) is 0 Å². The van der Waals surface area contributed by atoms with Crippen molar-refractivity contribution in [3.8, 4) is 11.5 Å². The lowest BCUT2D eigenvalue weighted by atomic mass is 9.86. The van der Waals surface area contributed by atoms with Crippen molar-refractivity contribution in [2.75, 3.05) is 18.1 Å². The van der Waals surface area contributed by atoms with Gasteiger partial charge in [0.2, 0.25) is 5.91 Å². The lowest BCUT2D eigenvalue weighted by Gasteiger charge is -2.38. The number of carbonyl (C=O) groups excluding carboxylic acids is 1. The average Bonchev–Trinajstić information content (AvgIpc) is 2.79. The number of halogens is 1. The van der Waals surface area contributed by atoms with E-state index in [9.17, 15) is 4.79 Å². The second-order valence-corrected chi connectivity index (χ2v) is 8.22. The van der Waals surface area contributed by atoms with Gasteiger partial charge < -0.3 is 14.4 Å². The Morgan fingerprint density at radius 2 is 1.62 bits per heavy atom. The maximum absolute atomic E-state index is 13.5. The highest BCUT2D eigenvalue weighted by Crippen LogP contribution is 2.43. The Balaban J connectivity index is 1.91. The molecule has 1 heterocycles. The lowest BCUT2D eigenvalue weighted by Crippen LogP contribution is -2.41. The summed E-state index contributed by atoms with van der Waals surface area (Å²) in [6.07, 6.45) is 1.25. The molecule has 3 aromatic carbocycles. The van der Waals surface area contributed by atoms with Gasteiger partial charge in [-0.1, -0.05) is 42.8 Å². The molecule has 4 nitrogen and oxygen atoms in total. The predicted octanol–water partition coefficient (Wildman–Crippen LogP) is 6.38. The molecule has 0 aromatic heterocycles. The summed E-state index contributed by atoms with van der Waals surface area (Å²) in [5.41, 5.74) is 5.04. The summed E-state index contributed by atoms with van der Waals surface area (Å²) in [4.78, 5) is 15.4. The minimum absolute atomic E-state index is 0.0401. The van der Waals surface area contributed by atoms with Crippen LogP contribution in [-0.4, -0.2) is 19.1 Å². The number of aryl methyl sites for hydroxylation is 1. The van der Waals surface area contributed by atoms with Crippen LogP contribution in [0, 0.1) is 0 Å². The number of nitrogens with zero attached hydrogens (tertiary/aromatic N) is 1. The average molecular weight is 450 g/mol. The number of hydrogen-bond donors (Lipinski definition) is 0. The van der Waals surface area contributed by atoms with Crippen LogP contribution in [0.15, 0.2) is 60.7 Å². The smallest absolute Gasteiger partial charge is 0.232 e. The van der Waals surface area contributed by atoms with Crippen molar-refractivity contribution < 1.29 is 14.3 Å². The van der Waals surface area contributed by atoms with E-state index in [1.165, 1.54) is 5.56 Å². The number of amides is 1. The Morgan fingerprint density at radius 3 is 2.25 bits per heavy atom. The molecular formula is C27H28ClNO3. The SMILES string of the molecule is CCOc1cc2c(cc1OCC)C(c1cccc(Cl)c1)N(c1ccc(CC)cc1)C(=O)C2. The third-order valence-corrected chi connectivity index (χ3v) is 5.99. The second-order valence-electron chi connectivity index (χ2n) is 7.78. The van der Waals surface area contributed by atoms with E-state index in [2.05, 4.69) is 19.1 Å². The van der Waals surface area contributed by atoms with Gasteiger partial charge >= 0.3 is 0 Å². The van der Waals surface area contributed by atoms with E-state index in [4.69, 9.17) is 21.1 Å². The van der Waals surface area contributed by atoms with Crippen molar-refractivity contribution in [3.63, 3.8) is 0 Å². The van der Waals surface area contributed by atoms with E-state index in [1.807, 2.05) is 67.3 Å². The molecule has 1 aliphatic heterocycles. The van der Waals surface area contributed by atoms with Gasteiger partial charge in [0.05, 0.1) is 25.7 Å². The highest BCUT2D eigenvalue weighted by Gasteiger charge is 2.36. The van der Waals surface area contributed by atoms with Gasteiger partial charge in [-0.05, 0) is 78.9 Å². The summed E-state index contributed by atoms with van der Waals surface area (Å²) < 4.78 is 11.7. The first-order chi connectivity index (χ1) is 15.5. The first kappa shape index (κ1) is 22.2. The zero-order valence-corrected chi connectivity index (χ0v) is 19.5. The number of hydrogen-bond acceptors (Lipinski definition) is 3. The Morgan fingerprint density at radius 1 is 0.938 bits per heavy atom.